The number of hydrogen-bond acceptors (Lipinski definition) is 4. The molecule has 22 heavy (non-hydrogen) atoms. The lowest BCUT2D eigenvalue weighted by Crippen LogP contribution is -2.35. The molecule has 2 aromatic rings. The van der Waals surface area contributed by atoms with E-state index in [1.54, 1.807) is 6.07 Å². The molecule has 2 heterocycles. The molecule has 0 aliphatic rings. The third-order valence-corrected chi connectivity index (χ3v) is 4.31. The van der Waals surface area contributed by atoms with Gasteiger partial charge in [-0.3, -0.25) is 14.6 Å². The molecule has 2 rings (SSSR count). The van der Waals surface area contributed by atoms with E-state index in [-0.39, 0.29) is 17.7 Å². The van der Waals surface area contributed by atoms with Crippen LogP contribution in [0.5, 0.6) is 0 Å². The van der Waals surface area contributed by atoms with Crippen molar-refractivity contribution < 1.29 is 9.59 Å². The monoisotopic (exact) mass is 316 g/mol. The van der Waals surface area contributed by atoms with Crippen LogP contribution in [0.4, 0.5) is 0 Å². The van der Waals surface area contributed by atoms with Gasteiger partial charge in [0.2, 0.25) is 5.91 Å². The Morgan fingerprint density at radius 1 is 1.36 bits per heavy atom. The number of hydrogen-bond donors (Lipinski definition) is 1. The molecule has 0 spiro atoms. The van der Waals surface area contributed by atoms with E-state index in [2.05, 4.69) is 10.3 Å². The maximum Gasteiger partial charge on any atom is 0.224 e. The van der Waals surface area contributed by atoms with Crippen LogP contribution in [0, 0.1) is 6.92 Å². The Morgan fingerprint density at radius 3 is 2.77 bits per heavy atom. The van der Waals surface area contributed by atoms with Crippen molar-refractivity contribution >= 4 is 23.0 Å². The molecule has 0 saturated carbocycles. The summed E-state index contributed by atoms with van der Waals surface area (Å²) in [7, 11) is 0. The first-order chi connectivity index (χ1) is 10.4. The zero-order chi connectivity index (χ0) is 16.1. The van der Waals surface area contributed by atoms with E-state index in [1.165, 1.54) is 18.3 Å². The highest BCUT2D eigenvalue weighted by molar-refractivity contribution is 7.12. The summed E-state index contributed by atoms with van der Waals surface area (Å²) in [4.78, 5) is 28.4. The Bertz CT molecular complexity index is 679. The standard InChI is InChI=1S/C17H20N2O2S/c1-11-5-4-6-15(18-11)7-12(2)19-17(21)9-14-8-16(13(3)20)22-10-14/h4-6,8,10,12H,7,9H2,1-3H3,(H,19,21)/t12-/m0/s1. The average molecular weight is 316 g/mol. The van der Waals surface area contributed by atoms with E-state index in [1.807, 2.05) is 37.4 Å². The molecule has 0 unspecified atom stereocenters. The number of pyridine rings is 1. The van der Waals surface area contributed by atoms with E-state index in [0.717, 1.165) is 17.0 Å². The minimum absolute atomic E-state index is 0.0210. The van der Waals surface area contributed by atoms with Crippen LogP contribution in [-0.4, -0.2) is 22.7 Å². The molecule has 1 atom stereocenters. The Kier molecular flexibility index (Phi) is 5.44. The lowest BCUT2D eigenvalue weighted by atomic mass is 10.1. The van der Waals surface area contributed by atoms with E-state index in [0.29, 0.717) is 17.7 Å². The van der Waals surface area contributed by atoms with Crippen molar-refractivity contribution in [2.45, 2.75) is 39.7 Å². The fourth-order valence-electron chi connectivity index (χ4n) is 2.24. The molecule has 0 aliphatic heterocycles. The number of rotatable bonds is 6. The minimum Gasteiger partial charge on any atom is -0.353 e. The van der Waals surface area contributed by atoms with Crippen molar-refractivity contribution in [1.29, 1.82) is 0 Å². The molecule has 0 fully saturated rings. The van der Waals surface area contributed by atoms with Gasteiger partial charge in [0.1, 0.15) is 0 Å². The van der Waals surface area contributed by atoms with Crippen LogP contribution < -0.4 is 5.32 Å². The summed E-state index contributed by atoms with van der Waals surface area (Å²) in [5, 5.41) is 4.84. The van der Waals surface area contributed by atoms with Crippen molar-refractivity contribution in [3.8, 4) is 0 Å². The smallest absolute Gasteiger partial charge is 0.224 e. The van der Waals surface area contributed by atoms with Crippen molar-refractivity contribution in [2.75, 3.05) is 0 Å². The van der Waals surface area contributed by atoms with Crippen LogP contribution in [0.1, 0.15) is 40.5 Å². The third kappa shape index (κ3) is 4.77. The van der Waals surface area contributed by atoms with Gasteiger partial charge in [0.05, 0.1) is 11.3 Å². The number of Topliss-reactive ketones (excluding diaryl/α,β-unsaturated/α-hetero) is 1. The molecule has 0 bridgehead atoms. The summed E-state index contributed by atoms with van der Waals surface area (Å²) in [6.07, 6.45) is 1.01. The summed E-state index contributed by atoms with van der Waals surface area (Å²) in [6, 6.07) is 7.71. The van der Waals surface area contributed by atoms with E-state index in [9.17, 15) is 9.59 Å². The Labute approximate surface area is 134 Å². The van der Waals surface area contributed by atoms with Gasteiger partial charge in [0.25, 0.3) is 0 Å². The normalized spacial score (nSPS) is 12.0. The minimum atomic E-state index is -0.0342. The van der Waals surface area contributed by atoms with Gasteiger partial charge >= 0.3 is 0 Å². The van der Waals surface area contributed by atoms with Gasteiger partial charge in [0.15, 0.2) is 5.78 Å². The first-order valence-electron chi connectivity index (χ1n) is 7.24. The number of nitrogens with one attached hydrogen (secondary N) is 1. The van der Waals surface area contributed by atoms with Gasteiger partial charge in [-0.15, -0.1) is 11.3 Å². The number of nitrogens with zero attached hydrogens (tertiary/aromatic N) is 1. The zero-order valence-corrected chi connectivity index (χ0v) is 13.9. The molecule has 0 aliphatic carbocycles. The van der Waals surface area contributed by atoms with Crippen LogP contribution in [0.15, 0.2) is 29.6 Å². The number of carbonyl (C=O) groups excluding carboxylic acids is 2. The van der Waals surface area contributed by atoms with Crippen LogP contribution in [0.2, 0.25) is 0 Å². The zero-order valence-electron chi connectivity index (χ0n) is 13.1. The number of amides is 1. The number of carbonyl (C=O) groups is 2. The molecule has 116 valence electrons. The fraction of sp³-hybridized carbons (Fsp3) is 0.353. The van der Waals surface area contributed by atoms with Crippen molar-refractivity contribution in [1.82, 2.24) is 10.3 Å². The first kappa shape index (κ1) is 16.4. The molecular formula is C17H20N2O2S. The largest absolute Gasteiger partial charge is 0.353 e. The lowest BCUT2D eigenvalue weighted by molar-refractivity contribution is -0.121. The van der Waals surface area contributed by atoms with Crippen LogP contribution >= 0.6 is 11.3 Å². The van der Waals surface area contributed by atoms with E-state index >= 15 is 0 Å². The van der Waals surface area contributed by atoms with Crippen molar-refractivity contribution in [2.24, 2.45) is 0 Å². The lowest BCUT2D eigenvalue weighted by Gasteiger charge is -2.13. The van der Waals surface area contributed by atoms with Gasteiger partial charge in [0, 0.05) is 23.9 Å². The topological polar surface area (TPSA) is 59.1 Å². The van der Waals surface area contributed by atoms with Gasteiger partial charge in [-0.25, -0.2) is 0 Å². The molecule has 0 saturated heterocycles. The van der Waals surface area contributed by atoms with E-state index < -0.39 is 0 Å². The summed E-state index contributed by atoms with van der Waals surface area (Å²) in [6.45, 7) is 5.46. The second-order valence-electron chi connectivity index (χ2n) is 5.50. The molecule has 2 aromatic heterocycles. The molecular weight excluding hydrogens is 296 g/mol. The van der Waals surface area contributed by atoms with Crippen LogP contribution in [-0.2, 0) is 17.6 Å². The highest BCUT2D eigenvalue weighted by atomic mass is 32.1. The third-order valence-electron chi connectivity index (χ3n) is 3.23. The molecule has 5 heteroatoms. The van der Waals surface area contributed by atoms with Gasteiger partial charge in [-0.05, 0) is 49.9 Å². The van der Waals surface area contributed by atoms with Gasteiger partial charge in [-0.2, -0.15) is 0 Å². The second-order valence-corrected chi connectivity index (χ2v) is 6.41. The predicted molar refractivity (Wildman–Crippen MR) is 88.3 cm³/mol. The number of ketones is 1. The highest BCUT2D eigenvalue weighted by Gasteiger charge is 2.12. The predicted octanol–water partition coefficient (Wildman–Crippen LogP) is 2.94. The summed E-state index contributed by atoms with van der Waals surface area (Å²) in [5.74, 6) is 0.00334. The van der Waals surface area contributed by atoms with Crippen molar-refractivity contribution in [3.63, 3.8) is 0 Å². The molecule has 1 N–H and O–H groups in total. The van der Waals surface area contributed by atoms with Gasteiger partial charge < -0.3 is 5.32 Å². The molecule has 4 nitrogen and oxygen atoms in total. The number of aryl methyl sites for hydroxylation is 1. The molecule has 0 aromatic carbocycles. The Balaban J connectivity index is 1.86. The van der Waals surface area contributed by atoms with Crippen molar-refractivity contribution in [3.05, 3.63) is 51.5 Å². The fourth-order valence-corrected chi connectivity index (χ4v) is 3.06. The number of thiophene rings is 1. The first-order valence-corrected chi connectivity index (χ1v) is 8.12. The van der Waals surface area contributed by atoms with Crippen LogP contribution in [0.3, 0.4) is 0 Å². The van der Waals surface area contributed by atoms with Crippen LogP contribution in [0.25, 0.3) is 0 Å². The number of aromatic nitrogens is 1. The Morgan fingerprint density at radius 2 is 2.14 bits per heavy atom. The Hall–Kier alpha value is -2.01. The maximum absolute atomic E-state index is 12.0. The summed E-state index contributed by atoms with van der Waals surface area (Å²) >= 11 is 1.38. The molecule has 0 radical (unpaired) electrons. The highest BCUT2D eigenvalue weighted by Crippen LogP contribution is 2.15. The van der Waals surface area contributed by atoms with Gasteiger partial charge in [-0.1, -0.05) is 6.07 Å². The second kappa shape index (κ2) is 7.31. The van der Waals surface area contributed by atoms with E-state index in [4.69, 9.17) is 0 Å². The summed E-state index contributed by atoms with van der Waals surface area (Å²) in [5.41, 5.74) is 2.84. The summed E-state index contributed by atoms with van der Waals surface area (Å²) < 4.78 is 0. The maximum atomic E-state index is 12.0. The SMILES string of the molecule is CC(=O)c1cc(CC(=O)N[C@@H](C)Cc2cccc(C)n2)cs1. The quantitative estimate of drug-likeness (QED) is 0.834. The molecule has 1 amide bonds. The average Bonchev–Trinajstić information content (AvgIpc) is 2.86.